The first-order chi connectivity index (χ1) is 8.61. The van der Waals surface area contributed by atoms with Gasteiger partial charge >= 0.3 is 0 Å². The molecule has 0 aliphatic rings. The predicted octanol–water partition coefficient (Wildman–Crippen LogP) is 2.79. The Morgan fingerprint density at radius 3 is 2.56 bits per heavy atom. The van der Waals surface area contributed by atoms with E-state index >= 15 is 0 Å². The molecule has 0 atom stereocenters. The van der Waals surface area contributed by atoms with Gasteiger partial charge in [-0.1, -0.05) is 0 Å². The minimum absolute atomic E-state index is 0.0752. The summed E-state index contributed by atoms with van der Waals surface area (Å²) < 4.78 is 12.9. The molecule has 0 saturated heterocycles. The zero-order valence-corrected chi connectivity index (χ0v) is 10.4. The number of aliphatic hydroxyl groups excluding tert-OH is 1. The Kier molecular flexibility index (Phi) is 3.58. The van der Waals surface area contributed by atoms with Crippen LogP contribution >= 0.6 is 0 Å². The number of rotatable bonds is 3. The van der Waals surface area contributed by atoms with Crippen molar-refractivity contribution in [2.45, 2.75) is 13.5 Å². The van der Waals surface area contributed by atoms with Crippen LogP contribution in [0, 0.1) is 12.7 Å². The lowest BCUT2D eigenvalue weighted by atomic mass is 10.2. The summed E-state index contributed by atoms with van der Waals surface area (Å²) in [4.78, 5) is 6.06. The van der Waals surface area contributed by atoms with Crippen LogP contribution in [0.3, 0.4) is 0 Å². The van der Waals surface area contributed by atoms with E-state index in [4.69, 9.17) is 0 Å². The molecule has 0 radical (unpaired) electrons. The summed E-state index contributed by atoms with van der Waals surface area (Å²) in [5.74, 6) is -0.263. The summed E-state index contributed by atoms with van der Waals surface area (Å²) in [6, 6.07) is 8.13. The number of hydrogen-bond donors (Lipinski definition) is 1. The molecule has 0 unspecified atom stereocenters. The largest absolute Gasteiger partial charge is 0.392 e. The van der Waals surface area contributed by atoms with Crippen molar-refractivity contribution in [3.63, 3.8) is 0 Å². The van der Waals surface area contributed by atoms with E-state index in [1.807, 2.05) is 24.9 Å². The highest BCUT2D eigenvalue weighted by molar-refractivity contribution is 5.65. The van der Waals surface area contributed by atoms with Crippen LogP contribution in [0.2, 0.25) is 0 Å². The molecule has 94 valence electrons. The molecular formula is C14H15FN2O. The molecule has 3 nitrogen and oxygen atoms in total. The molecule has 0 spiro atoms. The quantitative estimate of drug-likeness (QED) is 0.904. The average molecular weight is 246 g/mol. The van der Waals surface area contributed by atoms with E-state index in [1.54, 1.807) is 18.3 Å². The first kappa shape index (κ1) is 12.5. The fraction of sp³-hybridized carbons (Fsp3) is 0.214. The number of aryl methyl sites for hydroxylation is 1. The minimum Gasteiger partial charge on any atom is -0.392 e. The van der Waals surface area contributed by atoms with Crippen LogP contribution in [-0.4, -0.2) is 17.1 Å². The zero-order valence-electron chi connectivity index (χ0n) is 10.4. The fourth-order valence-electron chi connectivity index (χ4n) is 1.81. The Hall–Kier alpha value is -1.94. The number of benzene rings is 1. The second-order valence-electron chi connectivity index (χ2n) is 4.15. The van der Waals surface area contributed by atoms with Crippen molar-refractivity contribution < 1.29 is 9.50 Å². The zero-order chi connectivity index (χ0) is 13.1. The molecule has 2 aromatic rings. The molecule has 0 amide bonds. The number of pyridine rings is 1. The van der Waals surface area contributed by atoms with Gasteiger partial charge in [0, 0.05) is 35.9 Å². The van der Waals surface area contributed by atoms with Crippen LogP contribution in [0.1, 0.15) is 11.3 Å². The molecule has 18 heavy (non-hydrogen) atoms. The molecule has 1 aromatic carbocycles. The van der Waals surface area contributed by atoms with E-state index in [1.165, 1.54) is 12.1 Å². The monoisotopic (exact) mass is 246 g/mol. The number of hydrogen-bond acceptors (Lipinski definition) is 3. The second kappa shape index (κ2) is 5.14. The number of aliphatic hydroxyl groups is 1. The Morgan fingerprint density at radius 1 is 1.28 bits per heavy atom. The normalized spacial score (nSPS) is 10.4. The van der Waals surface area contributed by atoms with Crippen molar-refractivity contribution in [2.24, 2.45) is 0 Å². The summed E-state index contributed by atoms with van der Waals surface area (Å²) in [5, 5.41) is 9.32. The topological polar surface area (TPSA) is 36.4 Å². The molecule has 1 heterocycles. The summed E-state index contributed by atoms with van der Waals surface area (Å²) in [7, 11) is 1.88. The van der Waals surface area contributed by atoms with Gasteiger partial charge in [-0.3, -0.25) is 4.98 Å². The molecular weight excluding hydrogens is 231 g/mol. The number of nitrogens with zero attached hydrogens (tertiary/aromatic N) is 2. The number of halogens is 1. The van der Waals surface area contributed by atoms with Crippen molar-refractivity contribution in [1.29, 1.82) is 0 Å². The van der Waals surface area contributed by atoms with Gasteiger partial charge in [-0.05, 0) is 37.3 Å². The number of anilines is 2. The van der Waals surface area contributed by atoms with Crippen molar-refractivity contribution >= 4 is 11.4 Å². The van der Waals surface area contributed by atoms with Gasteiger partial charge in [0.2, 0.25) is 0 Å². The maximum Gasteiger partial charge on any atom is 0.123 e. The first-order valence-electron chi connectivity index (χ1n) is 5.67. The third-order valence-corrected chi connectivity index (χ3v) is 2.84. The van der Waals surface area contributed by atoms with E-state index in [9.17, 15) is 9.50 Å². The standard InChI is InChI=1S/C14H15FN2O/c1-10-7-14(11(9-18)8-16-10)17(2)13-5-3-12(15)4-6-13/h3-8,18H,9H2,1-2H3. The molecule has 0 saturated carbocycles. The number of aromatic nitrogens is 1. The van der Waals surface area contributed by atoms with Gasteiger partial charge in [-0.25, -0.2) is 4.39 Å². The van der Waals surface area contributed by atoms with Gasteiger partial charge in [-0.2, -0.15) is 0 Å². The van der Waals surface area contributed by atoms with Crippen LogP contribution in [0.4, 0.5) is 15.8 Å². The highest BCUT2D eigenvalue weighted by Crippen LogP contribution is 2.27. The lowest BCUT2D eigenvalue weighted by Gasteiger charge is -2.22. The lowest BCUT2D eigenvalue weighted by molar-refractivity contribution is 0.282. The molecule has 4 heteroatoms. The predicted molar refractivity (Wildman–Crippen MR) is 69.4 cm³/mol. The van der Waals surface area contributed by atoms with Gasteiger partial charge in [-0.15, -0.1) is 0 Å². The smallest absolute Gasteiger partial charge is 0.123 e. The highest BCUT2D eigenvalue weighted by atomic mass is 19.1. The molecule has 0 bridgehead atoms. The third-order valence-electron chi connectivity index (χ3n) is 2.84. The molecule has 1 N–H and O–H groups in total. The van der Waals surface area contributed by atoms with Gasteiger partial charge in [0.15, 0.2) is 0 Å². The fourth-order valence-corrected chi connectivity index (χ4v) is 1.81. The maximum absolute atomic E-state index is 12.9. The molecule has 0 aliphatic carbocycles. The maximum atomic E-state index is 12.9. The van der Waals surface area contributed by atoms with Crippen LogP contribution in [0.25, 0.3) is 0 Å². The van der Waals surface area contributed by atoms with Gasteiger partial charge < -0.3 is 10.0 Å². The Bertz CT molecular complexity index is 540. The minimum atomic E-state index is -0.263. The summed E-state index contributed by atoms with van der Waals surface area (Å²) in [6.45, 7) is 1.82. The third kappa shape index (κ3) is 2.49. The first-order valence-corrected chi connectivity index (χ1v) is 5.67. The van der Waals surface area contributed by atoms with E-state index in [2.05, 4.69) is 4.98 Å². The van der Waals surface area contributed by atoms with Crippen LogP contribution < -0.4 is 4.90 Å². The Morgan fingerprint density at radius 2 is 1.94 bits per heavy atom. The van der Waals surface area contributed by atoms with E-state index < -0.39 is 0 Å². The van der Waals surface area contributed by atoms with Crippen LogP contribution in [-0.2, 0) is 6.61 Å². The second-order valence-corrected chi connectivity index (χ2v) is 4.15. The molecule has 0 fully saturated rings. The van der Waals surface area contributed by atoms with E-state index in [0.717, 1.165) is 22.6 Å². The van der Waals surface area contributed by atoms with Gasteiger partial charge in [0.25, 0.3) is 0 Å². The van der Waals surface area contributed by atoms with Crippen LogP contribution in [0.5, 0.6) is 0 Å². The van der Waals surface area contributed by atoms with Crippen molar-refractivity contribution in [3.8, 4) is 0 Å². The molecule has 1 aromatic heterocycles. The van der Waals surface area contributed by atoms with Gasteiger partial charge in [0.1, 0.15) is 5.82 Å². The van der Waals surface area contributed by atoms with E-state index in [-0.39, 0.29) is 12.4 Å². The SMILES string of the molecule is Cc1cc(N(C)c2ccc(F)cc2)c(CO)cn1. The van der Waals surface area contributed by atoms with E-state index in [0.29, 0.717) is 0 Å². The summed E-state index contributed by atoms with van der Waals surface area (Å²) >= 11 is 0. The average Bonchev–Trinajstić information content (AvgIpc) is 2.39. The summed E-state index contributed by atoms with van der Waals surface area (Å²) in [5.41, 5.74) is 3.34. The Balaban J connectivity index is 2.41. The van der Waals surface area contributed by atoms with Crippen molar-refractivity contribution in [3.05, 3.63) is 53.6 Å². The van der Waals surface area contributed by atoms with Crippen molar-refractivity contribution in [1.82, 2.24) is 4.98 Å². The van der Waals surface area contributed by atoms with Crippen molar-refractivity contribution in [2.75, 3.05) is 11.9 Å². The van der Waals surface area contributed by atoms with Gasteiger partial charge in [0.05, 0.1) is 6.61 Å². The van der Waals surface area contributed by atoms with Crippen LogP contribution in [0.15, 0.2) is 36.5 Å². The lowest BCUT2D eigenvalue weighted by Crippen LogP contribution is -2.12. The molecule has 2 rings (SSSR count). The molecule has 0 aliphatic heterocycles. The highest BCUT2D eigenvalue weighted by Gasteiger charge is 2.10. The Labute approximate surface area is 106 Å². The summed E-state index contributed by atoms with van der Waals surface area (Å²) in [6.07, 6.45) is 1.66.